The second-order valence-corrected chi connectivity index (χ2v) is 6.17. The number of fused-ring (bicyclic) bond motifs is 1. The molecule has 0 spiro atoms. The maximum Gasteiger partial charge on any atom is 0.126 e. The number of nitrogens with one attached hydrogen (secondary N) is 1. The van der Waals surface area contributed by atoms with Gasteiger partial charge in [0, 0.05) is 17.2 Å². The summed E-state index contributed by atoms with van der Waals surface area (Å²) in [6, 6.07) is 13.1. The van der Waals surface area contributed by atoms with Crippen LogP contribution >= 0.6 is 11.8 Å². The van der Waals surface area contributed by atoms with Crippen LogP contribution in [0.5, 0.6) is 0 Å². The Morgan fingerprint density at radius 1 is 1.15 bits per heavy atom. The van der Waals surface area contributed by atoms with Gasteiger partial charge in [-0.1, -0.05) is 12.1 Å². The fourth-order valence-electron chi connectivity index (χ4n) is 2.63. The quantitative estimate of drug-likeness (QED) is 0.829. The van der Waals surface area contributed by atoms with Crippen LogP contribution in [-0.4, -0.2) is 11.5 Å². The summed E-state index contributed by atoms with van der Waals surface area (Å²) >= 11 is 1.88. The molecule has 0 fully saturated rings. The first-order valence-corrected chi connectivity index (χ1v) is 8.28. The molecule has 2 nitrogen and oxygen atoms in total. The highest BCUT2D eigenvalue weighted by molar-refractivity contribution is 7.98. The standard InChI is InChI=1S/C17H20N2S/c1-2-18-17-8-4-7-15(19-17)12-20-16-10-9-13-5-3-6-14(13)11-16/h4,7-11H,2-3,5-6,12H2,1H3,(H,18,19). The first kappa shape index (κ1) is 13.5. The number of aryl methyl sites for hydroxylation is 2. The third-order valence-corrected chi connectivity index (χ3v) is 4.65. The summed E-state index contributed by atoms with van der Waals surface area (Å²) < 4.78 is 0. The van der Waals surface area contributed by atoms with Gasteiger partial charge in [0.25, 0.3) is 0 Å². The number of aromatic nitrogens is 1. The largest absolute Gasteiger partial charge is 0.370 e. The average Bonchev–Trinajstić information content (AvgIpc) is 2.93. The van der Waals surface area contributed by atoms with E-state index in [9.17, 15) is 0 Å². The highest BCUT2D eigenvalue weighted by Gasteiger charge is 2.11. The molecular weight excluding hydrogens is 264 g/mol. The summed E-state index contributed by atoms with van der Waals surface area (Å²) in [5.74, 6) is 1.90. The van der Waals surface area contributed by atoms with Gasteiger partial charge in [-0.05, 0) is 61.6 Å². The van der Waals surface area contributed by atoms with Gasteiger partial charge in [-0.3, -0.25) is 0 Å². The molecule has 2 aromatic rings. The van der Waals surface area contributed by atoms with Gasteiger partial charge in [0.05, 0.1) is 5.69 Å². The van der Waals surface area contributed by atoms with E-state index >= 15 is 0 Å². The van der Waals surface area contributed by atoms with Crippen LogP contribution in [0.25, 0.3) is 0 Å². The summed E-state index contributed by atoms with van der Waals surface area (Å²) in [6.07, 6.45) is 3.82. The minimum absolute atomic E-state index is 0.911. The Hall–Kier alpha value is -1.48. The molecule has 0 saturated heterocycles. The lowest BCUT2D eigenvalue weighted by Crippen LogP contribution is -2.00. The topological polar surface area (TPSA) is 24.9 Å². The lowest BCUT2D eigenvalue weighted by molar-refractivity contribution is 0.911. The molecule has 1 aliphatic rings. The molecule has 0 bridgehead atoms. The summed E-state index contributed by atoms with van der Waals surface area (Å²) in [6.45, 7) is 3.00. The van der Waals surface area contributed by atoms with Crippen molar-refractivity contribution in [2.24, 2.45) is 0 Å². The third kappa shape index (κ3) is 3.15. The van der Waals surface area contributed by atoms with Crippen molar-refractivity contribution < 1.29 is 0 Å². The van der Waals surface area contributed by atoms with Crippen LogP contribution in [0.3, 0.4) is 0 Å². The zero-order valence-electron chi connectivity index (χ0n) is 11.9. The van der Waals surface area contributed by atoms with E-state index in [1.807, 2.05) is 17.8 Å². The Balaban J connectivity index is 1.65. The molecule has 1 N–H and O–H groups in total. The van der Waals surface area contributed by atoms with Crippen LogP contribution in [-0.2, 0) is 18.6 Å². The number of thioether (sulfide) groups is 1. The van der Waals surface area contributed by atoms with Crippen molar-refractivity contribution in [2.45, 2.75) is 36.8 Å². The zero-order valence-corrected chi connectivity index (χ0v) is 12.7. The summed E-state index contributed by atoms with van der Waals surface area (Å²) in [4.78, 5) is 5.98. The Labute approximate surface area is 125 Å². The fraction of sp³-hybridized carbons (Fsp3) is 0.353. The van der Waals surface area contributed by atoms with Gasteiger partial charge in [0.15, 0.2) is 0 Å². The van der Waals surface area contributed by atoms with E-state index in [1.165, 1.54) is 24.2 Å². The molecule has 1 aromatic heterocycles. The van der Waals surface area contributed by atoms with E-state index in [0.29, 0.717) is 0 Å². The number of benzene rings is 1. The Morgan fingerprint density at radius 3 is 2.95 bits per heavy atom. The zero-order chi connectivity index (χ0) is 13.8. The van der Waals surface area contributed by atoms with E-state index in [-0.39, 0.29) is 0 Å². The van der Waals surface area contributed by atoms with Gasteiger partial charge in [0.2, 0.25) is 0 Å². The van der Waals surface area contributed by atoms with Gasteiger partial charge in [-0.25, -0.2) is 4.98 Å². The molecule has 104 valence electrons. The fourth-order valence-corrected chi connectivity index (χ4v) is 3.50. The highest BCUT2D eigenvalue weighted by atomic mass is 32.2. The van der Waals surface area contributed by atoms with Gasteiger partial charge < -0.3 is 5.32 Å². The number of hydrogen-bond acceptors (Lipinski definition) is 3. The summed E-state index contributed by atoms with van der Waals surface area (Å²) in [7, 11) is 0. The number of anilines is 1. The van der Waals surface area contributed by atoms with Crippen LogP contribution in [0.2, 0.25) is 0 Å². The Kier molecular flexibility index (Phi) is 4.26. The van der Waals surface area contributed by atoms with Gasteiger partial charge >= 0.3 is 0 Å². The van der Waals surface area contributed by atoms with Crippen molar-refractivity contribution in [1.29, 1.82) is 0 Å². The third-order valence-electron chi connectivity index (χ3n) is 3.62. The van der Waals surface area contributed by atoms with Crippen LogP contribution in [0.1, 0.15) is 30.2 Å². The van der Waals surface area contributed by atoms with Crippen molar-refractivity contribution in [3.05, 3.63) is 53.2 Å². The number of nitrogens with zero attached hydrogens (tertiary/aromatic N) is 1. The molecule has 1 heterocycles. The molecule has 0 unspecified atom stereocenters. The van der Waals surface area contributed by atoms with Gasteiger partial charge in [-0.15, -0.1) is 11.8 Å². The van der Waals surface area contributed by atoms with Crippen molar-refractivity contribution in [3.8, 4) is 0 Å². The minimum Gasteiger partial charge on any atom is -0.370 e. The first-order chi connectivity index (χ1) is 9.85. The second-order valence-electron chi connectivity index (χ2n) is 5.12. The first-order valence-electron chi connectivity index (χ1n) is 7.29. The predicted octanol–water partition coefficient (Wildman–Crippen LogP) is 4.29. The maximum atomic E-state index is 4.62. The van der Waals surface area contributed by atoms with Crippen molar-refractivity contribution in [1.82, 2.24) is 4.98 Å². The van der Waals surface area contributed by atoms with Crippen LogP contribution < -0.4 is 5.32 Å². The van der Waals surface area contributed by atoms with Crippen molar-refractivity contribution in [3.63, 3.8) is 0 Å². The lowest BCUT2D eigenvalue weighted by Gasteiger charge is -2.07. The van der Waals surface area contributed by atoms with Crippen LogP contribution in [0.15, 0.2) is 41.3 Å². The summed E-state index contributed by atoms with van der Waals surface area (Å²) in [5, 5.41) is 3.26. The molecule has 0 atom stereocenters. The SMILES string of the molecule is CCNc1cccc(CSc2ccc3c(c2)CCC3)n1. The molecular formula is C17H20N2S. The lowest BCUT2D eigenvalue weighted by atomic mass is 10.1. The van der Waals surface area contributed by atoms with Crippen molar-refractivity contribution in [2.75, 3.05) is 11.9 Å². The van der Waals surface area contributed by atoms with E-state index in [4.69, 9.17) is 0 Å². The Morgan fingerprint density at radius 2 is 2.05 bits per heavy atom. The van der Waals surface area contributed by atoms with Crippen LogP contribution in [0, 0.1) is 0 Å². The number of hydrogen-bond donors (Lipinski definition) is 1. The van der Waals surface area contributed by atoms with E-state index in [1.54, 1.807) is 11.1 Å². The second kappa shape index (κ2) is 6.31. The smallest absolute Gasteiger partial charge is 0.126 e. The summed E-state index contributed by atoms with van der Waals surface area (Å²) in [5.41, 5.74) is 4.22. The molecule has 0 aliphatic heterocycles. The molecule has 1 aromatic carbocycles. The normalized spacial score (nSPS) is 13.2. The van der Waals surface area contributed by atoms with E-state index in [0.717, 1.165) is 23.8 Å². The molecule has 3 rings (SSSR count). The number of rotatable bonds is 5. The van der Waals surface area contributed by atoms with Gasteiger partial charge in [0.1, 0.15) is 5.82 Å². The predicted molar refractivity (Wildman–Crippen MR) is 86.4 cm³/mol. The molecule has 20 heavy (non-hydrogen) atoms. The maximum absolute atomic E-state index is 4.62. The minimum atomic E-state index is 0.911. The van der Waals surface area contributed by atoms with Crippen molar-refractivity contribution >= 4 is 17.6 Å². The number of pyridine rings is 1. The molecule has 3 heteroatoms. The highest BCUT2D eigenvalue weighted by Crippen LogP contribution is 2.29. The molecule has 0 saturated carbocycles. The monoisotopic (exact) mass is 284 g/mol. The van der Waals surface area contributed by atoms with E-state index < -0.39 is 0 Å². The molecule has 0 radical (unpaired) electrons. The molecule has 1 aliphatic carbocycles. The average molecular weight is 284 g/mol. The molecule has 0 amide bonds. The van der Waals surface area contributed by atoms with Gasteiger partial charge in [-0.2, -0.15) is 0 Å². The van der Waals surface area contributed by atoms with Crippen LogP contribution in [0.4, 0.5) is 5.82 Å². The Bertz CT molecular complexity index is 595. The van der Waals surface area contributed by atoms with E-state index in [2.05, 4.69) is 47.6 Å².